The van der Waals surface area contributed by atoms with Crippen LogP contribution in [0.25, 0.3) is 0 Å². The van der Waals surface area contributed by atoms with Crippen LogP contribution in [0.4, 0.5) is 0 Å². The standard InChI is InChI=1S/C16H20N2O3/c1-16(2,3)11-6-4-5-10(9-11)14(20)17-12-7-8-13(19)18-15(12)21/h4-6,9,12H,7-8H2,1-3H3,(H,17,20)(H,18,19,21). The highest BCUT2D eigenvalue weighted by Crippen LogP contribution is 2.22. The molecule has 5 nitrogen and oxygen atoms in total. The lowest BCUT2D eigenvalue weighted by Gasteiger charge is -2.23. The zero-order valence-corrected chi connectivity index (χ0v) is 12.5. The molecule has 1 aromatic rings. The topological polar surface area (TPSA) is 75.3 Å². The van der Waals surface area contributed by atoms with E-state index in [1.54, 1.807) is 6.07 Å². The molecule has 2 rings (SSSR count). The number of carbonyl (C=O) groups is 3. The number of amides is 3. The van der Waals surface area contributed by atoms with Crippen LogP contribution in [0.1, 0.15) is 49.5 Å². The van der Waals surface area contributed by atoms with E-state index in [0.29, 0.717) is 12.0 Å². The molecule has 112 valence electrons. The molecule has 0 aromatic heterocycles. The molecular formula is C16H20N2O3. The van der Waals surface area contributed by atoms with E-state index in [4.69, 9.17) is 0 Å². The van der Waals surface area contributed by atoms with E-state index < -0.39 is 11.9 Å². The Hall–Kier alpha value is -2.17. The summed E-state index contributed by atoms with van der Waals surface area (Å²) in [6.07, 6.45) is 0.591. The first kappa shape index (κ1) is 15.2. The van der Waals surface area contributed by atoms with Gasteiger partial charge >= 0.3 is 0 Å². The van der Waals surface area contributed by atoms with Gasteiger partial charge in [-0.05, 0) is 29.5 Å². The van der Waals surface area contributed by atoms with Crippen LogP contribution in [0.15, 0.2) is 24.3 Å². The largest absolute Gasteiger partial charge is 0.340 e. The van der Waals surface area contributed by atoms with Gasteiger partial charge in [-0.2, -0.15) is 0 Å². The van der Waals surface area contributed by atoms with Crippen molar-refractivity contribution in [2.45, 2.75) is 45.1 Å². The molecule has 1 aliphatic heterocycles. The number of benzene rings is 1. The lowest BCUT2D eigenvalue weighted by molar-refractivity contribution is -0.134. The first-order valence-electron chi connectivity index (χ1n) is 7.02. The minimum atomic E-state index is -0.645. The third-order valence-electron chi connectivity index (χ3n) is 3.54. The molecule has 1 unspecified atom stereocenters. The maximum absolute atomic E-state index is 12.2. The molecule has 0 bridgehead atoms. The van der Waals surface area contributed by atoms with E-state index in [2.05, 4.69) is 31.4 Å². The van der Waals surface area contributed by atoms with Crippen molar-refractivity contribution in [2.75, 3.05) is 0 Å². The van der Waals surface area contributed by atoms with Gasteiger partial charge in [0.05, 0.1) is 0 Å². The van der Waals surface area contributed by atoms with Gasteiger partial charge in [-0.15, -0.1) is 0 Å². The predicted octanol–water partition coefficient (Wildman–Crippen LogP) is 1.52. The Balaban J connectivity index is 2.10. The Morgan fingerprint density at radius 2 is 2.00 bits per heavy atom. The number of nitrogens with one attached hydrogen (secondary N) is 2. The third kappa shape index (κ3) is 3.68. The molecule has 2 N–H and O–H groups in total. The molecule has 3 amide bonds. The maximum Gasteiger partial charge on any atom is 0.251 e. The van der Waals surface area contributed by atoms with Crippen LogP contribution in [0.5, 0.6) is 0 Å². The lowest BCUT2D eigenvalue weighted by Crippen LogP contribution is -2.52. The van der Waals surface area contributed by atoms with Crippen molar-refractivity contribution in [3.8, 4) is 0 Å². The number of carbonyl (C=O) groups excluding carboxylic acids is 3. The molecule has 1 atom stereocenters. The third-order valence-corrected chi connectivity index (χ3v) is 3.54. The lowest BCUT2D eigenvalue weighted by atomic mass is 9.86. The monoisotopic (exact) mass is 288 g/mol. The van der Waals surface area contributed by atoms with Crippen molar-refractivity contribution in [1.82, 2.24) is 10.6 Å². The summed E-state index contributed by atoms with van der Waals surface area (Å²) in [5.74, 6) is -1.03. The zero-order chi connectivity index (χ0) is 15.6. The van der Waals surface area contributed by atoms with E-state index in [1.807, 2.05) is 18.2 Å². The SMILES string of the molecule is CC(C)(C)c1cccc(C(=O)NC2CCC(=O)NC2=O)c1. The van der Waals surface area contributed by atoms with Crippen LogP contribution >= 0.6 is 0 Å². The summed E-state index contributed by atoms with van der Waals surface area (Å²) in [6, 6.07) is 6.72. The Labute approximate surface area is 124 Å². The average Bonchev–Trinajstić information content (AvgIpc) is 2.41. The summed E-state index contributed by atoms with van der Waals surface area (Å²) in [4.78, 5) is 35.0. The quantitative estimate of drug-likeness (QED) is 0.810. The average molecular weight is 288 g/mol. The van der Waals surface area contributed by atoms with E-state index in [-0.39, 0.29) is 23.7 Å². The highest BCUT2D eigenvalue weighted by molar-refractivity contribution is 6.03. The van der Waals surface area contributed by atoms with Gasteiger partial charge in [0.25, 0.3) is 5.91 Å². The van der Waals surface area contributed by atoms with Gasteiger partial charge in [0.1, 0.15) is 6.04 Å². The summed E-state index contributed by atoms with van der Waals surface area (Å²) in [5.41, 5.74) is 1.52. The Bertz CT molecular complexity index is 587. The number of hydrogen-bond donors (Lipinski definition) is 2. The van der Waals surface area contributed by atoms with Crippen molar-refractivity contribution in [3.05, 3.63) is 35.4 Å². The minimum Gasteiger partial charge on any atom is -0.340 e. The van der Waals surface area contributed by atoms with Gasteiger partial charge in [0.2, 0.25) is 11.8 Å². The van der Waals surface area contributed by atoms with E-state index in [1.165, 1.54) is 0 Å². The van der Waals surface area contributed by atoms with Crippen LogP contribution < -0.4 is 10.6 Å². The first-order chi connectivity index (χ1) is 9.77. The second-order valence-corrected chi connectivity index (χ2v) is 6.31. The van der Waals surface area contributed by atoms with Gasteiger partial charge in [0.15, 0.2) is 0 Å². The molecule has 0 aliphatic carbocycles. The number of hydrogen-bond acceptors (Lipinski definition) is 3. The maximum atomic E-state index is 12.2. The predicted molar refractivity (Wildman–Crippen MR) is 78.8 cm³/mol. The highest BCUT2D eigenvalue weighted by Gasteiger charge is 2.28. The zero-order valence-electron chi connectivity index (χ0n) is 12.5. The van der Waals surface area contributed by atoms with Crippen molar-refractivity contribution in [1.29, 1.82) is 0 Å². The van der Waals surface area contributed by atoms with Crippen LogP contribution in [-0.2, 0) is 15.0 Å². The van der Waals surface area contributed by atoms with Gasteiger partial charge in [-0.25, -0.2) is 0 Å². The second kappa shape index (κ2) is 5.68. The van der Waals surface area contributed by atoms with Crippen molar-refractivity contribution < 1.29 is 14.4 Å². The second-order valence-electron chi connectivity index (χ2n) is 6.31. The van der Waals surface area contributed by atoms with E-state index >= 15 is 0 Å². The molecule has 0 radical (unpaired) electrons. The van der Waals surface area contributed by atoms with Gasteiger partial charge in [-0.3, -0.25) is 19.7 Å². The molecule has 1 saturated heterocycles. The molecule has 1 fully saturated rings. The van der Waals surface area contributed by atoms with Crippen molar-refractivity contribution in [2.24, 2.45) is 0 Å². The summed E-state index contributed by atoms with van der Waals surface area (Å²) >= 11 is 0. The van der Waals surface area contributed by atoms with Crippen LogP contribution in [0.2, 0.25) is 0 Å². The Kier molecular flexibility index (Phi) is 4.11. The molecule has 0 saturated carbocycles. The highest BCUT2D eigenvalue weighted by atomic mass is 16.2. The van der Waals surface area contributed by atoms with Gasteiger partial charge in [0, 0.05) is 12.0 Å². The fraction of sp³-hybridized carbons (Fsp3) is 0.438. The first-order valence-corrected chi connectivity index (χ1v) is 7.02. The number of piperidine rings is 1. The Morgan fingerprint density at radius 3 is 2.62 bits per heavy atom. The number of rotatable bonds is 2. The van der Waals surface area contributed by atoms with Crippen LogP contribution in [0.3, 0.4) is 0 Å². The number of imide groups is 1. The van der Waals surface area contributed by atoms with Crippen LogP contribution in [-0.4, -0.2) is 23.8 Å². The summed E-state index contributed by atoms with van der Waals surface area (Å²) in [5, 5.41) is 4.91. The normalized spacial score (nSPS) is 19.1. The van der Waals surface area contributed by atoms with E-state index in [9.17, 15) is 14.4 Å². The van der Waals surface area contributed by atoms with Gasteiger partial charge < -0.3 is 5.32 Å². The smallest absolute Gasteiger partial charge is 0.251 e. The molecular weight excluding hydrogens is 268 g/mol. The molecule has 1 aliphatic rings. The van der Waals surface area contributed by atoms with E-state index in [0.717, 1.165) is 5.56 Å². The molecule has 1 heterocycles. The molecule has 5 heteroatoms. The summed E-state index contributed by atoms with van der Waals surface area (Å²) in [6.45, 7) is 6.22. The fourth-order valence-electron chi connectivity index (χ4n) is 2.20. The molecule has 0 spiro atoms. The summed E-state index contributed by atoms with van der Waals surface area (Å²) < 4.78 is 0. The van der Waals surface area contributed by atoms with Crippen molar-refractivity contribution >= 4 is 17.7 Å². The van der Waals surface area contributed by atoms with Crippen LogP contribution in [0, 0.1) is 0 Å². The minimum absolute atomic E-state index is 0.0507. The molecule has 21 heavy (non-hydrogen) atoms. The molecule has 1 aromatic carbocycles. The fourth-order valence-corrected chi connectivity index (χ4v) is 2.20. The Morgan fingerprint density at radius 1 is 1.29 bits per heavy atom. The summed E-state index contributed by atoms with van der Waals surface area (Å²) in [7, 11) is 0. The van der Waals surface area contributed by atoms with Gasteiger partial charge in [-0.1, -0.05) is 32.9 Å². The van der Waals surface area contributed by atoms with Crippen molar-refractivity contribution in [3.63, 3.8) is 0 Å².